The lowest BCUT2D eigenvalue weighted by Crippen LogP contribution is -2.43. The lowest BCUT2D eigenvalue weighted by molar-refractivity contribution is -0.137. The topological polar surface area (TPSA) is 59.1 Å². The first-order valence-electron chi connectivity index (χ1n) is 7.97. The zero-order valence-corrected chi connectivity index (χ0v) is 15.8. The van der Waals surface area contributed by atoms with Crippen LogP contribution < -0.4 is 4.74 Å². The molecule has 6 nitrogen and oxygen atoms in total. The van der Waals surface area contributed by atoms with Crippen molar-refractivity contribution in [1.29, 1.82) is 0 Å². The molecule has 1 fully saturated rings. The smallest absolute Gasteiger partial charge is 0.409 e. The van der Waals surface area contributed by atoms with Crippen molar-refractivity contribution in [2.45, 2.75) is 26.4 Å². The molecule has 0 aromatic heterocycles. The first-order valence-corrected chi connectivity index (χ1v) is 8.76. The van der Waals surface area contributed by atoms with Crippen LogP contribution in [0.2, 0.25) is 0 Å². The van der Waals surface area contributed by atoms with Crippen molar-refractivity contribution in [3.05, 3.63) is 28.2 Å². The van der Waals surface area contributed by atoms with Crippen LogP contribution in [0.4, 0.5) is 4.79 Å². The van der Waals surface area contributed by atoms with E-state index in [-0.39, 0.29) is 12.0 Å². The van der Waals surface area contributed by atoms with E-state index in [0.29, 0.717) is 31.9 Å². The maximum atomic E-state index is 12.6. The fraction of sp³-hybridized carbons (Fsp3) is 0.529. The quantitative estimate of drug-likeness (QED) is 0.785. The fourth-order valence-corrected chi connectivity index (χ4v) is 3.24. The van der Waals surface area contributed by atoms with Crippen molar-refractivity contribution < 1.29 is 19.1 Å². The van der Waals surface area contributed by atoms with Crippen LogP contribution in [-0.4, -0.2) is 61.2 Å². The van der Waals surface area contributed by atoms with Crippen LogP contribution >= 0.6 is 15.9 Å². The van der Waals surface area contributed by atoms with E-state index in [1.54, 1.807) is 16.7 Å². The Hall–Kier alpha value is -1.76. The van der Waals surface area contributed by atoms with Crippen LogP contribution in [0.15, 0.2) is 22.7 Å². The van der Waals surface area contributed by atoms with Crippen molar-refractivity contribution in [2.24, 2.45) is 0 Å². The van der Waals surface area contributed by atoms with Gasteiger partial charge in [-0.3, -0.25) is 4.79 Å². The number of aryl methyl sites for hydroxylation is 1. The first-order chi connectivity index (χ1) is 11.4. The first kappa shape index (κ1) is 18.6. The summed E-state index contributed by atoms with van der Waals surface area (Å²) in [5.74, 6) is 0.571. The van der Waals surface area contributed by atoms with Gasteiger partial charge in [0.25, 0.3) is 5.91 Å². The summed E-state index contributed by atoms with van der Waals surface area (Å²) in [4.78, 5) is 27.6. The number of benzene rings is 1. The third kappa shape index (κ3) is 4.63. The highest BCUT2D eigenvalue weighted by Gasteiger charge is 2.26. The number of hydrogen-bond donors (Lipinski definition) is 0. The minimum Gasteiger partial charge on any atom is -0.480 e. The van der Waals surface area contributed by atoms with E-state index >= 15 is 0 Å². The molecule has 0 spiro atoms. The molecule has 0 N–H and O–H groups in total. The molecular formula is C17H23BrN2O4. The molecule has 2 amide bonds. The standard InChI is InChI=1S/C17H23BrN2O4/c1-12-5-6-15(14(18)11-12)24-13(2)16(21)19-7-4-8-20(10-9-19)17(22)23-3/h5-6,11,13H,4,7-10H2,1-3H3. The van der Waals surface area contributed by atoms with Crippen LogP contribution in [-0.2, 0) is 9.53 Å². The van der Waals surface area contributed by atoms with E-state index in [9.17, 15) is 9.59 Å². The molecule has 1 aliphatic rings. The summed E-state index contributed by atoms with van der Waals surface area (Å²) < 4.78 is 11.4. The molecule has 1 saturated heterocycles. The number of nitrogens with zero attached hydrogens (tertiary/aromatic N) is 2. The van der Waals surface area contributed by atoms with Gasteiger partial charge in [0.1, 0.15) is 5.75 Å². The van der Waals surface area contributed by atoms with E-state index in [1.165, 1.54) is 7.11 Å². The average Bonchev–Trinajstić information content (AvgIpc) is 2.82. The summed E-state index contributed by atoms with van der Waals surface area (Å²) in [7, 11) is 1.37. The van der Waals surface area contributed by atoms with Gasteiger partial charge in [-0.1, -0.05) is 6.07 Å². The number of methoxy groups -OCH3 is 1. The number of ether oxygens (including phenoxy) is 2. The Kier molecular flexibility index (Phi) is 6.48. The number of carbonyl (C=O) groups is 2. The minimum absolute atomic E-state index is 0.0748. The average molecular weight is 399 g/mol. The van der Waals surface area contributed by atoms with E-state index < -0.39 is 6.10 Å². The number of amides is 2. The number of hydrogen-bond acceptors (Lipinski definition) is 4. The lowest BCUT2D eigenvalue weighted by atomic mass is 10.2. The van der Waals surface area contributed by atoms with Crippen LogP contribution in [0.25, 0.3) is 0 Å². The van der Waals surface area contributed by atoms with Crippen LogP contribution in [0.1, 0.15) is 18.9 Å². The molecule has 0 radical (unpaired) electrons. The molecule has 24 heavy (non-hydrogen) atoms. The van der Waals surface area contributed by atoms with Gasteiger partial charge >= 0.3 is 6.09 Å². The Bertz CT molecular complexity index is 608. The van der Waals surface area contributed by atoms with E-state index in [0.717, 1.165) is 16.5 Å². The van der Waals surface area contributed by atoms with Gasteiger partial charge in [0, 0.05) is 26.2 Å². The van der Waals surface area contributed by atoms with Gasteiger partial charge in [-0.25, -0.2) is 4.79 Å². The zero-order chi connectivity index (χ0) is 17.7. The molecular weight excluding hydrogens is 376 g/mol. The minimum atomic E-state index is -0.589. The predicted octanol–water partition coefficient (Wildman–Crippen LogP) is 2.83. The Labute approximate surface area is 150 Å². The highest BCUT2D eigenvalue weighted by Crippen LogP contribution is 2.27. The van der Waals surface area contributed by atoms with Crippen molar-refractivity contribution >= 4 is 27.9 Å². The maximum absolute atomic E-state index is 12.6. The summed E-state index contributed by atoms with van der Waals surface area (Å²) in [5.41, 5.74) is 1.11. The van der Waals surface area contributed by atoms with E-state index in [2.05, 4.69) is 15.9 Å². The Morgan fingerprint density at radius 3 is 2.50 bits per heavy atom. The summed E-state index contributed by atoms with van der Waals surface area (Å²) >= 11 is 3.46. The molecule has 1 aliphatic heterocycles. The largest absolute Gasteiger partial charge is 0.480 e. The molecule has 7 heteroatoms. The van der Waals surface area contributed by atoms with Crippen molar-refractivity contribution in [3.63, 3.8) is 0 Å². The maximum Gasteiger partial charge on any atom is 0.409 e. The van der Waals surface area contributed by atoms with Gasteiger partial charge in [0.15, 0.2) is 6.10 Å². The molecule has 1 unspecified atom stereocenters. The van der Waals surface area contributed by atoms with Gasteiger partial charge in [0.2, 0.25) is 0 Å². The van der Waals surface area contributed by atoms with Gasteiger partial charge in [-0.05, 0) is 53.9 Å². The second-order valence-corrected chi connectivity index (χ2v) is 6.68. The van der Waals surface area contributed by atoms with Crippen LogP contribution in [0.3, 0.4) is 0 Å². The predicted molar refractivity (Wildman–Crippen MR) is 94.1 cm³/mol. The van der Waals surface area contributed by atoms with Crippen LogP contribution in [0, 0.1) is 6.92 Å². The van der Waals surface area contributed by atoms with Crippen molar-refractivity contribution in [3.8, 4) is 5.75 Å². The highest BCUT2D eigenvalue weighted by atomic mass is 79.9. The number of rotatable bonds is 3. The molecule has 0 bridgehead atoms. The fourth-order valence-electron chi connectivity index (χ4n) is 2.65. The molecule has 1 atom stereocenters. The Balaban J connectivity index is 1.96. The third-order valence-electron chi connectivity index (χ3n) is 3.98. The summed E-state index contributed by atoms with van der Waals surface area (Å²) in [6, 6.07) is 5.74. The second kappa shape index (κ2) is 8.37. The molecule has 0 aliphatic carbocycles. The van der Waals surface area contributed by atoms with Gasteiger partial charge in [-0.15, -0.1) is 0 Å². The number of carbonyl (C=O) groups excluding carboxylic acids is 2. The monoisotopic (exact) mass is 398 g/mol. The van der Waals surface area contributed by atoms with Crippen LogP contribution in [0.5, 0.6) is 5.75 Å². The highest BCUT2D eigenvalue weighted by molar-refractivity contribution is 9.10. The van der Waals surface area contributed by atoms with Crippen molar-refractivity contribution in [2.75, 3.05) is 33.3 Å². The molecule has 1 aromatic rings. The SMILES string of the molecule is COC(=O)N1CCCN(C(=O)C(C)Oc2ccc(C)cc2Br)CC1. The summed E-state index contributed by atoms with van der Waals surface area (Å²) in [6.07, 6.45) is -0.215. The van der Waals surface area contributed by atoms with E-state index in [1.807, 2.05) is 25.1 Å². The summed E-state index contributed by atoms with van der Waals surface area (Å²) in [6.45, 7) is 5.89. The number of halogens is 1. The zero-order valence-electron chi connectivity index (χ0n) is 14.3. The van der Waals surface area contributed by atoms with Gasteiger partial charge < -0.3 is 19.3 Å². The molecule has 0 saturated carbocycles. The second-order valence-electron chi connectivity index (χ2n) is 5.83. The Morgan fingerprint density at radius 2 is 1.83 bits per heavy atom. The lowest BCUT2D eigenvalue weighted by Gasteiger charge is -2.25. The normalized spacial score (nSPS) is 16.3. The van der Waals surface area contributed by atoms with Gasteiger partial charge in [0.05, 0.1) is 11.6 Å². The molecule has 132 valence electrons. The van der Waals surface area contributed by atoms with E-state index in [4.69, 9.17) is 9.47 Å². The summed E-state index contributed by atoms with van der Waals surface area (Å²) in [5, 5.41) is 0. The van der Waals surface area contributed by atoms with Gasteiger partial charge in [-0.2, -0.15) is 0 Å². The Morgan fingerprint density at radius 1 is 1.17 bits per heavy atom. The van der Waals surface area contributed by atoms with Crippen molar-refractivity contribution in [1.82, 2.24) is 9.80 Å². The molecule has 1 aromatic carbocycles. The molecule has 2 rings (SSSR count). The third-order valence-corrected chi connectivity index (χ3v) is 4.60. The molecule has 1 heterocycles.